The van der Waals surface area contributed by atoms with E-state index >= 15 is 0 Å². The Bertz CT molecular complexity index is 1280. The maximum Gasteiger partial charge on any atom is 0.227 e. The Labute approximate surface area is 236 Å². The Kier molecular flexibility index (Phi) is 6.86. The van der Waals surface area contributed by atoms with Gasteiger partial charge in [-0.1, -0.05) is 54.4 Å². The number of piperidine rings is 1. The monoisotopic (exact) mass is 549 g/mol. The first-order chi connectivity index (χ1) is 18.2. The number of nitrogens with zero attached hydrogens (tertiary/aromatic N) is 2. The van der Waals surface area contributed by atoms with Gasteiger partial charge >= 0.3 is 0 Å². The normalized spacial score (nSPS) is 29.8. The number of benzene rings is 1. The van der Waals surface area contributed by atoms with Crippen molar-refractivity contribution >= 4 is 34.8 Å². The van der Waals surface area contributed by atoms with Gasteiger partial charge in [0.25, 0.3) is 0 Å². The number of allylic oxidation sites excluding steroid dienone is 6. The fourth-order valence-corrected chi connectivity index (χ4v) is 7.37. The number of carbonyl (C=O) groups excluding carboxylic acids is 1. The Hall–Kier alpha value is -2.27. The average Bonchev–Trinajstić information content (AvgIpc) is 3.69. The zero-order valence-electron chi connectivity index (χ0n) is 22.4. The van der Waals surface area contributed by atoms with E-state index in [0.29, 0.717) is 5.92 Å². The fraction of sp³-hybridized carbons (Fsp3) is 0.469. The molecule has 0 bridgehead atoms. The SMILES string of the molecule is CC1(C2CCN(CC3=CN(c4cccc(Cl)c4)C4(C)CC(Cl)=CC=C34)CC2)C=CC=C(NC(=O)C2CC2)C1. The van der Waals surface area contributed by atoms with Crippen molar-refractivity contribution in [2.24, 2.45) is 17.3 Å². The molecule has 3 aliphatic carbocycles. The van der Waals surface area contributed by atoms with Crippen LogP contribution in [0.3, 0.4) is 0 Å². The Morgan fingerprint density at radius 1 is 1.05 bits per heavy atom. The van der Waals surface area contributed by atoms with Crippen LogP contribution in [-0.4, -0.2) is 36.0 Å². The summed E-state index contributed by atoms with van der Waals surface area (Å²) in [5, 5.41) is 4.83. The third-order valence-electron chi connectivity index (χ3n) is 9.26. The molecule has 6 rings (SSSR count). The van der Waals surface area contributed by atoms with E-state index in [1.54, 1.807) is 0 Å². The highest BCUT2D eigenvalue weighted by Crippen LogP contribution is 2.48. The van der Waals surface area contributed by atoms with Gasteiger partial charge in [-0.15, -0.1) is 0 Å². The van der Waals surface area contributed by atoms with Crippen LogP contribution >= 0.6 is 23.2 Å². The van der Waals surface area contributed by atoms with Crippen molar-refractivity contribution in [3.05, 3.63) is 87.7 Å². The topological polar surface area (TPSA) is 35.6 Å². The Morgan fingerprint density at radius 2 is 1.84 bits per heavy atom. The van der Waals surface area contributed by atoms with Crippen LogP contribution in [0.15, 0.2) is 82.7 Å². The summed E-state index contributed by atoms with van der Waals surface area (Å²) < 4.78 is 0. The standard InChI is InChI=1S/C32H37Cl2N3O/c1-31(14-4-6-27(19-31)35-30(38)22-8-9-22)24-12-15-36(16-13-24)20-23-21-37(28-7-3-5-25(33)17-28)32(2)18-26(34)10-11-29(23)32/h3-7,10-11,14,17,21-22,24H,8-9,12-13,15-16,18-20H2,1-2H3,(H,35,38). The number of halogens is 2. The lowest BCUT2D eigenvalue weighted by molar-refractivity contribution is -0.121. The lowest BCUT2D eigenvalue weighted by Crippen LogP contribution is -2.43. The highest BCUT2D eigenvalue weighted by atomic mass is 35.5. The summed E-state index contributed by atoms with van der Waals surface area (Å²) in [6.07, 6.45) is 19.3. The van der Waals surface area contributed by atoms with E-state index in [-0.39, 0.29) is 22.8 Å². The van der Waals surface area contributed by atoms with E-state index in [4.69, 9.17) is 23.2 Å². The van der Waals surface area contributed by atoms with Crippen LogP contribution in [0.2, 0.25) is 5.02 Å². The first-order valence-electron chi connectivity index (χ1n) is 14.0. The van der Waals surface area contributed by atoms with Crippen LogP contribution in [0.25, 0.3) is 0 Å². The molecule has 1 N–H and O–H groups in total. The van der Waals surface area contributed by atoms with Gasteiger partial charge in [0.05, 0.1) is 5.54 Å². The Morgan fingerprint density at radius 3 is 2.58 bits per heavy atom. The first-order valence-corrected chi connectivity index (χ1v) is 14.7. The average molecular weight is 551 g/mol. The van der Waals surface area contributed by atoms with Crippen molar-refractivity contribution in [3.63, 3.8) is 0 Å². The molecule has 5 aliphatic rings. The summed E-state index contributed by atoms with van der Waals surface area (Å²) in [4.78, 5) is 17.3. The summed E-state index contributed by atoms with van der Waals surface area (Å²) in [5.41, 5.74) is 4.78. The van der Waals surface area contributed by atoms with Crippen LogP contribution in [-0.2, 0) is 4.79 Å². The minimum atomic E-state index is -0.210. The molecule has 1 saturated carbocycles. The summed E-state index contributed by atoms with van der Waals surface area (Å²) >= 11 is 12.9. The summed E-state index contributed by atoms with van der Waals surface area (Å²) in [7, 11) is 0. The van der Waals surface area contributed by atoms with Crippen molar-refractivity contribution in [2.75, 3.05) is 24.5 Å². The molecular formula is C32H37Cl2N3O. The molecule has 1 aromatic carbocycles. The minimum Gasteiger partial charge on any atom is -0.337 e. The summed E-state index contributed by atoms with van der Waals surface area (Å²) in [5.74, 6) is 1.06. The molecule has 2 heterocycles. The van der Waals surface area contributed by atoms with Crippen molar-refractivity contribution in [1.82, 2.24) is 10.2 Å². The van der Waals surface area contributed by atoms with Crippen molar-refractivity contribution < 1.29 is 4.79 Å². The number of amides is 1. The van der Waals surface area contributed by atoms with Gasteiger partial charge in [-0.25, -0.2) is 0 Å². The third-order valence-corrected chi connectivity index (χ3v) is 9.76. The number of likely N-dealkylation sites (tertiary alicyclic amines) is 1. The third kappa shape index (κ3) is 5.03. The highest BCUT2D eigenvalue weighted by molar-refractivity contribution is 6.31. The van der Waals surface area contributed by atoms with E-state index < -0.39 is 0 Å². The molecular weight excluding hydrogens is 513 g/mol. The van der Waals surface area contributed by atoms with Gasteiger partial charge in [-0.05, 0) is 105 Å². The first kappa shape index (κ1) is 26.0. The van der Waals surface area contributed by atoms with Gasteiger partial charge in [-0.3, -0.25) is 9.69 Å². The van der Waals surface area contributed by atoms with Gasteiger partial charge in [-0.2, -0.15) is 0 Å². The van der Waals surface area contributed by atoms with Gasteiger partial charge in [0, 0.05) is 46.5 Å². The van der Waals surface area contributed by atoms with Crippen LogP contribution in [0.5, 0.6) is 0 Å². The van der Waals surface area contributed by atoms with E-state index in [0.717, 1.165) is 79.6 Å². The van der Waals surface area contributed by atoms with Gasteiger partial charge in [0.1, 0.15) is 0 Å². The number of nitrogens with one attached hydrogen (secondary N) is 1. The maximum atomic E-state index is 12.3. The number of fused-ring (bicyclic) bond motifs is 1. The maximum absolute atomic E-state index is 12.3. The highest BCUT2D eigenvalue weighted by Gasteiger charge is 2.44. The molecule has 6 heteroatoms. The second kappa shape index (κ2) is 10.0. The number of hydrogen-bond acceptors (Lipinski definition) is 3. The fourth-order valence-electron chi connectivity index (χ4n) is 6.86. The molecule has 2 atom stereocenters. The minimum absolute atomic E-state index is 0.0923. The molecule has 0 aromatic heterocycles. The van der Waals surface area contributed by atoms with E-state index in [1.807, 2.05) is 18.2 Å². The number of carbonyl (C=O) groups is 1. The van der Waals surface area contributed by atoms with Crippen LogP contribution in [0.1, 0.15) is 52.4 Å². The van der Waals surface area contributed by atoms with Crippen LogP contribution in [0.4, 0.5) is 5.69 Å². The van der Waals surface area contributed by atoms with Crippen molar-refractivity contribution in [1.29, 1.82) is 0 Å². The van der Waals surface area contributed by atoms with Crippen molar-refractivity contribution in [3.8, 4) is 0 Å². The molecule has 38 heavy (non-hydrogen) atoms. The molecule has 0 spiro atoms. The molecule has 200 valence electrons. The quantitative estimate of drug-likeness (QED) is 0.403. The van der Waals surface area contributed by atoms with E-state index in [9.17, 15) is 4.79 Å². The lowest BCUT2D eigenvalue weighted by Gasteiger charge is -2.43. The van der Waals surface area contributed by atoms with Crippen LogP contribution in [0, 0.1) is 17.3 Å². The number of hydrogen-bond donors (Lipinski definition) is 1. The second-order valence-electron chi connectivity index (χ2n) is 12.2. The largest absolute Gasteiger partial charge is 0.337 e. The molecule has 1 saturated heterocycles. The molecule has 2 fully saturated rings. The molecule has 4 nitrogen and oxygen atoms in total. The molecule has 1 amide bonds. The predicted octanol–water partition coefficient (Wildman–Crippen LogP) is 7.34. The summed E-state index contributed by atoms with van der Waals surface area (Å²) in [6, 6.07) is 8.10. The van der Waals surface area contributed by atoms with Gasteiger partial charge < -0.3 is 10.2 Å². The predicted molar refractivity (Wildman–Crippen MR) is 157 cm³/mol. The lowest BCUT2D eigenvalue weighted by atomic mass is 9.68. The molecule has 1 aromatic rings. The number of rotatable bonds is 6. The smallest absolute Gasteiger partial charge is 0.227 e. The van der Waals surface area contributed by atoms with Gasteiger partial charge in [0.2, 0.25) is 5.91 Å². The second-order valence-corrected chi connectivity index (χ2v) is 13.1. The zero-order valence-corrected chi connectivity index (χ0v) is 23.9. The Balaban J connectivity index is 1.13. The molecule has 2 aliphatic heterocycles. The number of anilines is 1. The molecule has 0 radical (unpaired) electrons. The van der Waals surface area contributed by atoms with Gasteiger partial charge in [0.15, 0.2) is 0 Å². The summed E-state index contributed by atoms with van der Waals surface area (Å²) in [6.45, 7) is 7.75. The molecule has 2 unspecified atom stereocenters. The zero-order chi connectivity index (χ0) is 26.5. The van der Waals surface area contributed by atoms with Crippen LogP contribution < -0.4 is 10.2 Å². The van der Waals surface area contributed by atoms with Crippen molar-refractivity contribution in [2.45, 2.75) is 57.9 Å². The van der Waals surface area contributed by atoms with E-state index in [1.165, 1.54) is 11.1 Å². The van der Waals surface area contributed by atoms with E-state index in [2.05, 4.69) is 71.6 Å².